The van der Waals surface area contributed by atoms with Gasteiger partial charge in [-0.3, -0.25) is 5.10 Å². The second-order valence-electron chi connectivity index (χ2n) is 7.07. The van der Waals surface area contributed by atoms with E-state index in [-0.39, 0.29) is 6.04 Å². The van der Waals surface area contributed by atoms with E-state index in [1.807, 2.05) is 18.3 Å². The highest BCUT2D eigenvalue weighted by atomic mass is 32.1. The van der Waals surface area contributed by atoms with Crippen LogP contribution in [0.25, 0.3) is 32.2 Å². The van der Waals surface area contributed by atoms with Gasteiger partial charge in [-0.2, -0.15) is 5.10 Å². The molecule has 0 aliphatic heterocycles. The van der Waals surface area contributed by atoms with Crippen LogP contribution in [0, 0.1) is 0 Å². The van der Waals surface area contributed by atoms with Crippen molar-refractivity contribution in [2.75, 3.05) is 11.9 Å². The number of H-pyrrole nitrogens is 1. The van der Waals surface area contributed by atoms with Crippen LogP contribution in [-0.4, -0.2) is 33.0 Å². The molecule has 0 saturated carbocycles. The molecule has 5 rings (SSSR count). The summed E-state index contributed by atoms with van der Waals surface area (Å²) in [7, 11) is 0. The number of hydrogen-bond donors (Lipinski definition) is 3. The Morgan fingerprint density at radius 2 is 1.90 bits per heavy atom. The van der Waals surface area contributed by atoms with Crippen LogP contribution in [0.5, 0.6) is 0 Å². The van der Waals surface area contributed by atoms with E-state index in [0.717, 1.165) is 33.0 Å². The zero-order chi connectivity index (χ0) is 19.6. The van der Waals surface area contributed by atoms with Gasteiger partial charge in [0.1, 0.15) is 5.01 Å². The van der Waals surface area contributed by atoms with Crippen LogP contribution >= 0.6 is 11.3 Å². The summed E-state index contributed by atoms with van der Waals surface area (Å²) in [5, 5.41) is 24.2. The fourth-order valence-electron chi connectivity index (χ4n) is 3.53. The van der Waals surface area contributed by atoms with Crippen molar-refractivity contribution >= 4 is 38.1 Å². The summed E-state index contributed by atoms with van der Waals surface area (Å²) in [6.45, 7) is 0.638. The smallest absolute Gasteiger partial charge is 0.206 e. The lowest BCUT2D eigenvalue weighted by molar-refractivity contribution is 0.701. The number of benzene rings is 3. The first-order valence-electron chi connectivity index (χ1n) is 9.49. The van der Waals surface area contributed by atoms with E-state index < -0.39 is 0 Å². The monoisotopic (exact) mass is 400 g/mol. The number of fused-ring (bicyclic) bond motifs is 2. The molecule has 0 radical (unpaired) electrons. The third-order valence-corrected chi connectivity index (χ3v) is 5.92. The van der Waals surface area contributed by atoms with Gasteiger partial charge >= 0.3 is 0 Å². The van der Waals surface area contributed by atoms with Gasteiger partial charge in [0.05, 0.1) is 11.7 Å². The van der Waals surface area contributed by atoms with E-state index in [4.69, 9.17) is 5.73 Å². The molecule has 29 heavy (non-hydrogen) atoms. The summed E-state index contributed by atoms with van der Waals surface area (Å²) in [5.41, 5.74) is 9.71. The molecule has 2 heterocycles. The Balaban J connectivity index is 1.25. The predicted molar refractivity (Wildman–Crippen MR) is 119 cm³/mol. The molecule has 0 aliphatic rings. The minimum atomic E-state index is -0.0181. The Labute approximate surface area is 171 Å². The molecule has 0 amide bonds. The molecule has 3 aromatic carbocycles. The lowest BCUT2D eigenvalue weighted by atomic mass is 9.99. The summed E-state index contributed by atoms with van der Waals surface area (Å²) >= 11 is 1.53. The van der Waals surface area contributed by atoms with Crippen LogP contribution in [0.1, 0.15) is 5.56 Å². The Morgan fingerprint density at radius 1 is 1.00 bits per heavy atom. The number of aromatic nitrogens is 4. The van der Waals surface area contributed by atoms with Crippen molar-refractivity contribution in [2.24, 2.45) is 5.73 Å². The summed E-state index contributed by atoms with van der Waals surface area (Å²) in [6.07, 6.45) is 2.61. The molecular weight excluding hydrogens is 380 g/mol. The standard InChI is InChI=1S/C22H20N6S/c23-18(11-15-6-3-5-14-4-1-2-7-19(14)15)13-24-22-28-27-21(29-22)16-8-9-20-17(10-16)12-25-26-20/h1-10,12,18H,11,13,23H2,(H,24,28)(H,25,26). The first-order valence-corrected chi connectivity index (χ1v) is 10.3. The molecule has 0 saturated heterocycles. The summed E-state index contributed by atoms with van der Waals surface area (Å²) in [5.74, 6) is 0. The van der Waals surface area contributed by atoms with E-state index in [9.17, 15) is 0 Å². The Hall–Kier alpha value is -3.29. The first kappa shape index (κ1) is 17.8. The number of rotatable bonds is 6. The van der Waals surface area contributed by atoms with Gasteiger partial charge < -0.3 is 11.1 Å². The third-order valence-electron chi connectivity index (χ3n) is 4.99. The molecule has 7 heteroatoms. The highest BCUT2D eigenvalue weighted by Crippen LogP contribution is 2.28. The minimum Gasteiger partial charge on any atom is -0.359 e. The molecule has 0 bridgehead atoms. The highest BCUT2D eigenvalue weighted by molar-refractivity contribution is 7.18. The second kappa shape index (κ2) is 7.62. The molecule has 2 aromatic heterocycles. The molecule has 144 valence electrons. The molecule has 0 aliphatic carbocycles. The van der Waals surface area contributed by atoms with Gasteiger partial charge in [0.15, 0.2) is 0 Å². The topological polar surface area (TPSA) is 92.5 Å². The number of nitrogens with one attached hydrogen (secondary N) is 2. The third kappa shape index (κ3) is 3.70. The molecular formula is C22H20N6S. The number of nitrogens with zero attached hydrogens (tertiary/aromatic N) is 3. The average molecular weight is 401 g/mol. The fraction of sp³-hybridized carbons (Fsp3) is 0.136. The van der Waals surface area contributed by atoms with Gasteiger partial charge in [-0.15, -0.1) is 10.2 Å². The molecule has 5 aromatic rings. The van der Waals surface area contributed by atoms with Gasteiger partial charge in [-0.05, 0) is 41.0 Å². The maximum Gasteiger partial charge on any atom is 0.206 e. The molecule has 1 unspecified atom stereocenters. The van der Waals surface area contributed by atoms with Gasteiger partial charge in [-0.25, -0.2) is 0 Å². The van der Waals surface area contributed by atoms with Crippen LogP contribution in [-0.2, 0) is 6.42 Å². The first-order chi connectivity index (χ1) is 14.3. The number of nitrogens with two attached hydrogens (primary N) is 1. The number of hydrogen-bond acceptors (Lipinski definition) is 6. The van der Waals surface area contributed by atoms with Crippen LogP contribution < -0.4 is 11.1 Å². The van der Waals surface area contributed by atoms with Crippen molar-refractivity contribution < 1.29 is 0 Å². The van der Waals surface area contributed by atoms with Crippen LogP contribution in [0.4, 0.5) is 5.13 Å². The number of aromatic amines is 1. The van der Waals surface area contributed by atoms with Crippen LogP contribution in [0.2, 0.25) is 0 Å². The maximum absolute atomic E-state index is 6.40. The summed E-state index contributed by atoms with van der Waals surface area (Å²) in [4.78, 5) is 0. The van der Waals surface area contributed by atoms with Crippen LogP contribution in [0.3, 0.4) is 0 Å². The van der Waals surface area contributed by atoms with Gasteiger partial charge in [-0.1, -0.05) is 53.8 Å². The van der Waals surface area contributed by atoms with Crippen molar-refractivity contribution in [2.45, 2.75) is 12.5 Å². The van der Waals surface area contributed by atoms with E-state index in [0.29, 0.717) is 6.54 Å². The Bertz CT molecular complexity index is 1270. The number of anilines is 1. The Kier molecular flexibility index (Phi) is 4.67. The largest absolute Gasteiger partial charge is 0.359 e. The highest BCUT2D eigenvalue weighted by Gasteiger charge is 2.11. The summed E-state index contributed by atoms with van der Waals surface area (Å²) in [6, 6.07) is 20.9. The predicted octanol–water partition coefficient (Wildman–Crippen LogP) is 4.22. The zero-order valence-electron chi connectivity index (χ0n) is 15.7. The van der Waals surface area contributed by atoms with Crippen molar-refractivity contribution in [3.63, 3.8) is 0 Å². The fourth-order valence-corrected chi connectivity index (χ4v) is 4.28. The van der Waals surface area contributed by atoms with Gasteiger partial charge in [0, 0.05) is 23.5 Å². The summed E-state index contributed by atoms with van der Waals surface area (Å²) < 4.78 is 0. The zero-order valence-corrected chi connectivity index (χ0v) is 16.5. The van der Waals surface area contributed by atoms with Crippen molar-refractivity contribution in [3.05, 3.63) is 72.4 Å². The van der Waals surface area contributed by atoms with E-state index >= 15 is 0 Å². The minimum absolute atomic E-state index is 0.0181. The van der Waals surface area contributed by atoms with Crippen LogP contribution in [0.15, 0.2) is 66.9 Å². The van der Waals surface area contributed by atoms with E-state index in [2.05, 4.69) is 74.2 Å². The van der Waals surface area contributed by atoms with E-state index in [1.54, 1.807) is 0 Å². The lowest BCUT2D eigenvalue weighted by Gasteiger charge is -2.13. The Morgan fingerprint density at radius 3 is 2.86 bits per heavy atom. The van der Waals surface area contributed by atoms with Gasteiger partial charge in [0.2, 0.25) is 5.13 Å². The van der Waals surface area contributed by atoms with E-state index in [1.165, 1.54) is 27.7 Å². The van der Waals surface area contributed by atoms with Crippen molar-refractivity contribution in [3.8, 4) is 10.6 Å². The second-order valence-corrected chi connectivity index (χ2v) is 8.05. The lowest BCUT2D eigenvalue weighted by Crippen LogP contribution is -2.31. The molecule has 0 fully saturated rings. The normalized spacial score (nSPS) is 12.4. The maximum atomic E-state index is 6.40. The quantitative estimate of drug-likeness (QED) is 0.397. The molecule has 6 nitrogen and oxygen atoms in total. The average Bonchev–Trinajstić information content (AvgIpc) is 3.41. The van der Waals surface area contributed by atoms with Crippen molar-refractivity contribution in [1.29, 1.82) is 0 Å². The molecule has 1 atom stereocenters. The molecule has 0 spiro atoms. The van der Waals surface area contributed by atoms with Gasteiger partial charge in [0.25, 0.3) is 0 Å². The van der Waals surface area contributed by atoms with Crippen molar-refractivity contribution in [1.82, 2.24) is 20.4 Å². The molecule has 4 N–H and O–H groups in total. The SMILES string of the molecule is NC(CNc1nnc(-c2ccc3[nH]ncc3c2)s1)Cc1cccc2ccccc12.